The van der Waals surface area contributed by atoms with Crippen LogP contribution in [0.5, 0.6) is 17.2 Å². The Morgan fingerprint density at radius 2 is 1.88 bits per heavy atom. The van der Waals surface area contributed by atoms with Gasteiger partial charge >= 0.3 is 5.97 Å². The van der Waals surface area contributed by atoms with Gasteiger partial charge in [0.05, 0.1) is 34.0 Å². The molecule has 10 heteroatoms. The zero-order valence-electron chi connectivity index (χ0n) is 13.6. The summed E-state index contributed by atoms with van der Waals surface area (Å²) in [7, 11) is 5.34. The number of esters is 1. The van der Waals surface area contributed by atoms with Gasteiger partial charge in [-0.15, -0.1) is 0 Å². The fourth-order valence-electron chi connectivity index (χ4n) is 1.80. The molecule has 1 aromatic carbocycles. The third-order valence-electron chi connectivity index (χ3n) is 2.88. The normalized spacial score (nSPS) is 10.4. The highest BCUT2D eigenvalue weighted by molar-refractivity contribution is 6.45. The summed E-state index contributed by atoms with van der Waals surface area (Å²) >= 11 is 0. The molecule has 0 aliphatic heterocycles. The van der Waals surface area contributed by atoms with Crippen molar-refractivity contribution in [1.29, 1.82) is 10.7 Å². The Morgan fingerprint density at radius 1 is 1.25 bits per heavy atom. The number of hydrazone groups is 1. The highest BCUT2D eigenvalue weighted by Gasteiger charge is 2.25. The molecule has 0 heterocycles. The molecule has 0 aliphatic carbocycles. The molecule has 0 aliphatic rings. The molecular weight excluding hydrogens is 318 g/mol. The second-order valence-corrected chi connectivity index (χ2v) is 4.16. The van der Waals surface area contributed by atoms with Crippen molar-refractivity contribution >= 4 is 23.2 Å². The van der Waals surface area contributed by atoms with Gasteiger partial charge in [-0.25, -0.2) is 4.79 Å². The second-order valence-electron chi connectivity index (χ2n) is 4.16. The smallest absolute Gasteiger partial charge is 0.340 e. The van der Waals surface area contributed by atoms with E-state index in [2.05, 4.69) is 10.5 Å². The Labute approximate surface area is 138 Å². The van der Waals surface area contributed by atoms with Gasteiger partial charge in [-0.05, 0) is 0 Å². The first-order valence-corrected chi connectivity index (χ1v) is 6.44. The number of nitriles is 1. The van der Waals surface area contributed by atoms with Crippen molar-refractivity contribution in [3.8, 4) is 23.3 Å². The molecule has 0 radical (unpaired) electrons. The van der Waals surface area contributed by atoms with E-state index in [0.29, 0.717) is 0 Å². The maximum atomic E-state index is 12.0. The minimum absolute atomic E-state index is 0.0246. The summed E-state index contributed by atoms with van der Waals surface area (Å²) in [6, 6.07) is 3.01. The zero-order chi connectivity index (χ0) is 18.3. The Balaban J connectivity index is 3.62. The molecule has 24 heavy (non-hydrogen) atoms. The lowest BCUT2D eigenvalue weighted by Gasteiger charge is -2.18. The number of benzene rings is 1. The number of carbonyl (C=O) groups is 1. The van der Waals surface area contributed by atoms with Crippen LogP contribution in [-0.2, 0) is 4.74 Å². The highest BCUT2D eigenvalue weighted by atomic mass is 16.5. The van der Waals surface area contributed by atoms with Crippen LogP contribution in [0.3, 0.4) is 0 Å². The largest absolute Gasteiger partial charge is 0.493 e. The fourth-order valence-corrected chi connectivity index (χ4v) is 1.80. The summed E-state index contributed by atoms with van der Waals surface area (Å²) in [5.74, 6) is -0.706. The third-order valence-corrected chi connectivity index (χ3v) is 2.88. The van der Waals surface area contributed by atoms with Crippen LogP contribution in [-0.4, -0.2) is 46.0 Å². The zero-order valence-corrected chi connectivity index (χ0v) is 13.6. The molecule has 0 saturated heterocycles. The number of nitrogens with two attached hydrogens (primary N) is 1. The van der Waals surface area contributed by atoms with Crippen LogP contribution in [0.1, 0.15) is 10.4 Å². The highest BCUT2D eigenvalue weighted by Crippen LogP contribution is 2.45. The summed E-state index contributed by atoms with van der Waals surface area (Å²) < 4.78 is 20.4. The first-order valence-electron chi connectivity index (χ1n) is 6.44. The first-order chi connectivity index (χ1) is 11.4. The number of anilines is 1. The van der Waals surface area contributed by atoms with E-state index in [4.69, 9.17) is 35.4 Å². The lowest BCUT2D eigenvalue weighted by atomic mass is 10.1. The molecule has 10 nitrogen and oxygen atoms in total. The van der Waals surface area contributed by atoms with Gasteiger partial charge in [0.2, 0.25) is 11.5 Å². The van der Waals surface area contributed by atoms with E-state index in [1.165, 1.54) is 34.5 Å². The van der Waals surface area contributed by atoms with Crippen molar-refractivity contribution in [2.75, 3.05) is 33.9 Å². The Bertz CT molecular complexity index is 723. The number of hydrogen-bond acceptors (Lipinski definition) is 9. The summed E-state index contributed by atoms with van der Waals surface area (Å²) in [5, 5.41) is 19.8. The van der Waals surface area contributed by atoms with E-state index in [-0.39, 0.29) is 34.2 Å². The molecule has 0 fully saturated rings. The van der Waals surface area contributed by atoms with Gasteiger partial charge in [-0.3, -0.25) is 10.8 Å². The summed E-state index contributed by atoms with van der Waals surface area (Å²) in [4.78, 5) is 12.0. The Hall–Kier alpha value is -3.48. The van der Waals surface area contributed by atoms with Crippen molar-refractivity contribution in [2.24, 2.45) is 10.8 Å². The standard InChI is InChI=1S/C14H17N5O5/c1-21-9-5-7(14(20)24-4)10(12(23-3)11(9)22-2)19-18-8(6-15)13(16)17/h5,19H,1-4H3,(H3,16,17)/b18-8+. The third kappa shape index (κ3) is 3.64. The Kier molecular flexibility index (Phi) is 6.37. The average molecular weight is 335 g/mol. The minimum Gasteiger partial charge on any atom is -0.493 e. The van der Waals surface area contributed by atoms with Crippen LogP contribution in [0, 0.1) is 16.7 Å². The molecule has 0 saturated carbocycles. The van der Waals surface area contributed by atoms with Gasteiger partial charge in [0.15, 0.2) is 17.3 Å². The number of nitrogens with zero attached hydrogens (tertiary/aromatic N) is 2. The minimum atomic E-state index is -0.701. The van der Waals surface area contributed by atoms with Crippen LogP contribution in [0.25, 0.3) is 0 Å². The van der Waals surface area contributed by atoms with Gasteiger partial charge in [0.1, 0.15) is 11.8 Å². The predicted molar refractivity (Wildman–Crippen MR) is 86.0 cm³/mol. The van der Waals surface area contributed by atoms with E-state index in [1.54, 1.807) is 6.07 Å². The predicted octanol–water partition coefficient (Wildman–Crippen LogP) is 0.726. The Morgan fingerprint density at radius 3 is 2.29 bits per heavy atom. The molecule has 128 valence electrons. The van der Waals surface area contributed by atoms with Gasteiger partial charge in [0.25, 0.3) is 0 Å². The van der Waals surface area contributed by atoms with E-state index >= 15 is 0 Å². The van der Waals surface area contributed by atoms with Crippen molar-refractivity contribution in [3.05, 3.63) is 11.6 Å². The van der Waals surface area contributed by atoms with Crippen LogP contribution in [0.15, 0.2) is 11.2 Å². The van der Waals surface area contributed by atoms with Crippen LogP contribution >= 0.6 is 0 Å². The van der Waals surface area contributed by atoms with E-state index in [9.17, 15) is 4.79 Å². The van der Waals surface area contributed by atoms with Crippen molar-refractivity contribution < 1.29 is 23.7 Å². The van der Waals surface area contributed by atoms with Gasteiger partial charge in [0, 0.05) is 6.07 Å². The van der Waals surface area contributed by atoms with Crippen LogP contribution in [0.2, 0.25) is 0 Å². The van der Waals surface area contributed by atoms with Gasteiger partial charge < -0.3 is 24.7 Å². The molecule has 0 spiro atoms. The molecule has 1 aromatic rings. The van der Waals surface area contributed by atoms with Crippen molar-refractivity contribution in [1.82, 2.24) is 0 Å². The molecule has 4 N–H and O–H groups in total. The van der Waals surface area contributed by atoms with Crippen LogP contribution < -0.4 is 25.4 Å². The van der Waals surface area contributed by atoms with E-state index in [0.717, 1.165) is 0 Å². The molecule has 0 bridgehead atoms. The number of ether oxygens (including phenoxy) is 4. The topological polar surface area (TPSA) is 152 Å². The van der Waals surface area contributed by atoms with Crippen molar-refractivity contribution in [3.63, 3.8) is 0 Å². The quantitative estimate of drug-likeness (QED) is 0.285. The second kappa shape index (κ2) is 8.23. The number of nitrogens with one attached hydrogen (secondary N) is 2. The fraction of sp³-hybridized carbons (Fsp3) is 0.286. The number of carbonyl (C=O) groups excluding carboxylic acids is 1. The monoisotopic (exact) mass is 335 g/mol. The van der Waals surface area contributed by atoms with Crippen LogP contribution in [0.4, 0.5) is 5.69 Å². The number of methoxy groups -OCH3 is 4. The first kappa shape index (κ1) is 18.6. The summed E-state index contributed by atoms with van der Waals surface area (Å²) in [6.45, 7) is 0. The molecule has 0 atom stereocenters. The summed E-state index contributed by atoms with van der Waals surface area (Å²) in [5.41, 5.74) is 7.44. The molecule has 0 amide bonds. The molecule has 0 aromatic heterocycles. The lowest BCUT2D eigenvalue weighted by Crippen LogP contribution is -2.22. The maximum Gasteiger partial charge on any atom is 0.340 e. The number of rotatable bonds is 7. The van der Waals surface area contributed by atoms with E-state index in [1.807, 2.05) is 0 Å². The summed E-state index contributed by atoms with van der Waals surface area (Å²) in [6.07, 6.45) is 0. The van der Waals surface area contributed by atoms with Gasteiger partial charge in [-0.2, -0.15) is 10.4 Å². The van der Waals surface area contributed by atoms with Crippen molar-refractivity contribution in [2.45, 2.75) is 0 Å². The average Bonchev–Trinajstić information content (AvgIpc) is 2.59. The lowest BCUT2D eigenvalue weighted by molar-refractivity contribution is 0.0601. The number of hydrogen-bond donors (Lipinski definition) is 3. The molecule has 0 unspecified atom stereocenters. The number of amidine groups is 1. The van der Waals surface area contributed by atoms with E-state index < -0.39 is 11.8 Å². The SMILES string of the molecule is COC(=O)c1cc(OC)c(OC)c(OC)c1N/N=C(\C#N)C(=N)N. The maximum absolute atomic E-state index is 12.0. The molecule has 1 rings (SSSR count). The molecular formula is C14H17N5O5. The van der Waals surface area contributed by atoms with Gasteiger partial charge in [-0.1, -0.05) is 0 Å².